The molecule has 2 rings (SSSR count). The maximum atomic E-state index is 12.0. The molecule has 0 heterocycles. The van der Waals surface area contributed by atoms with Crippen LogP contribution in [-0.4, -0.2) is 44.5 Å². The molecule has 7 heteroatoms. The van der Waals surface area contributed by atoms with Crippen LogP contribution in [0.5, 0.6) is 5.75 Å². The summed E-state index contributed by atoms with van der Waals surface area (Å²) in [4.78, 5) is 18.2. The molecule has 0 saturated carbocycles. The molecule has 6 nitrogen and oxygen atoms in total. The predicted molar refractivity (Wildman–Crippen MR) is 120 cm³/mol. The summed E-state index contributed by atoms with van der Waals surface area (Å²) in [7, 11) is 5.28. The van der Waals surface area contributed by atoms with Crippen molar-refractivity contribution in [2.45, 2.75) is 13.1 Å². The molecule has 1 amide bonds. The molecule has 0 aliphatic carbocycles. The largest absolute Gasteiger partial charge is 0.497 e. The number of amides is 1. The Balaban J connectivity index is 0.00000364. The maximum absolute atomic E-state index is 12.0. The third-order valence-corrected chi connectivity index (χ3v) is 3.89. The zero-order valence-electron chi connectivity index (χ0n) is 15.9. The van der Waals surface area contributed by atoms with Gasteiger partial charge in [-0.2, -0.15) is 0 Å². The second kappa shape index (κ2) is 12.2. The fourth-order valence-electron chi connectivity index (χ4n) is 2.48. The molecular formula is C20H27IN4O2. The van der Waals surface area contributed by atoms with Crippen molar-refractivity contribution in [3.05, 3.63) is 65.7 Å². The summed E-state index contributed by atoms with van der Waals surface area (Å²) >= 11 is 0. The monoisotopic (exact) mass is 482 g/mol. The van der Waals surface area contributed by atoms with Crippen molar-refractivity contribution in [3.63, 3.8) is 0 Å². The molecule has 0 aliphatic heterocycles. The van der Waals surface area contributed by atoms with Crippen molar-refractivity contribution in [2.24, 2.45) is 4.99 Å². The van der Waals surface area contributed by atoms with E-state index < -0.39 is 0 Å². The first kappa shape index (κ1) is 22.8. The summed E-state index contributed by atoms with van der Waals surface area (Å²) in [6.45, 7) is 1.36. The molecule has 146 valence electrons. The molecule has 2 N–H and O–H groups in total. The van der Waals surface area contributed by atoms with E-state index in [0.717, 1.165) is 16.9 Å². The minimum Gasteiger partial charge on any atom is -0.497 e. The Hall–Kier alpha value is -2.29. The van der Waals surface area contributed by atoms with Gasteiger partial charge in [-0.3, -0.25) is 9.79 Å². The Morgan fingerprint density at radius 3 is 2.30 bits per heavy atom. The zero-order valence-corrected chi connectivity index (χ0v) is 18.3. The molecule has 0 aromatic heterocycles. The highest BCUT2D eigenvalue weighted by Gasteiger charge is 2.09. The number of hydrogen-bond donors (Lipinski definition) is 2. The molecule has 0 aliphatic rings. The number of halogens is 1. The molecule has 0 fully saturated rings. The number of methoxy groups -OCH3 is 1. The third kappa shape index (κ3) is 7.86. The van der Waals surface area contributed by atoms with Gasteiger partial charge in [0.15, 0.2) is 5.96 Å². The first-order valence-corrected chi connectivity index (χ1v) is 8.47. The fourth-order valence-corrected chi connectivity index (χ4v) is 2.48. The Morgan fingerprint density at radius 1 is 1.04 bits per heavy atom. The molecule has 0 radical (unpaired) electrons. The van der Waals surface area contributed by atoms with Crippen molar-refractivity contribution < 1.29 is 9.53 Å². The molecule has 27 heavy (non-hydrogen) atoms. The van der Waals surface area contributed by atoms with E-state index in [2.05, 4.69) is 15.6 Å². The number of nitrogens with zero attached hydrogens (tertiary/aromatic N) is 2. The van der Waals surface area contributed by atoms with Gasteiger partial charge in [-0.25, -0.2) is 0 Å². The first-order chi connectivity index (χ1) is 12.6. The van der Waals surface area contributed by atoms with Crippen LogP contribution in [0.25, 0.3) is 0 Å². The van der Waals surface area contributed by atoms with Crippen LogP contribution in [-0.2, 0) is 17.9 Å². The Bertz CT molecular complexity index is 721. The van der Waals surface area contributed by atoms with E-state index in [1.54, 1.807) is 14.2 Å². The molecular weight excluding hydrogens is 455 g/mol. The number of hydrogen-bond acceptors (Lipinski definition) is 3. The van der Waals surface area contributed by atoms with Crippen LogP contribution in [0.4, 0.5) is 0 Å². The van der Waals surface area contributed by atoms with E-state index in [1.165, 1.54) is 0 Å². The van der Waals surface area contributed by atoms with E-state index in [9.17, 15) is 4.79 Å². The Kier molecular flexibility index (Phi) is 10.2. The van der Waals surface area contributed by atoms with Crippen LogP contribution >= 0.6 is 24.0 Å². The van der Waals surface area contributed by atoms with E-state index in [0.29, 0.717) is 19.0 Å². The van der Waals surface area contributed by atoms with Gasteiger partial charge in [-0.1, -0.05) is 42.5 Å². The minimum atomic E-state index is -0.0761. The highest BCUT2D eigenvalue weighted by molar-refractivity contribution is 14.0. The lowest BCUT2D eigenvalue weighted by molar-refractivity contribution is -0.120. The zero-order chi connectivity index (χ0) is 18.8. The summed E-state index contributed by atoms with van der Waals surface area (Å²) in [6.07, 6.45) is 0. The maximum Gasteiger partial charge on any atom is 0.239 e. The van der Waals surface area contributed by atoms with E-state index in [-0.39, 0.29) is 36.4 Å². The van der Waals surface area contributed by atoms with E-state index in [4.69, 9.17) is 4.74 Å². The molecule has 0 bridgehead atoms. The summed E-state index contributed by atoms with van der Waals surface area (Å²) in [5.74, 6) is 1.41. The van der Waals surface area contributed by atoms with Crippen LogP contribution in [0.1, 0.15) is 11.1 Å². The fraction of sp³-hybridized carbons (Fsp3) is 0.300. The van der Waals surface area contributed by atoms with Gasteiger partial charge in [0.2, 0.25) is 5.91 Å². The van der Waals surface area contributed by atoms with Crippen molar-refractivity contribution in [1.29, 1.82) is 0 Å². The van der Waals surface area contributed by atoms with E-state index in [1.807, 2.05) is 66.5 Å². The molecule has 0 spiro atoms. The van der Waals surface area contributed by atoms with Crippen LogP contribution in [0.15, 0.2) is 59.6 Å². The number of benzene rings is 2. The lowest BCUT2D eigenvalue weighted by Gasteiger charge is -2.22. The third-order valence-electron chi connectivity index (χ3n) is 3.89. The van der Waals surface area contributed by atoms with Gasteiger partial charge in [0.05, 0.1) is 13.7 Å². The number of carbonyl (C=O) groups excluding carboxylic acids is 1. The first-order valence-electron chi connectivity index (χ1n) is 8.47. The highest BCUT2D eigenvalue weighted by atomic mass is 127. The van der Waals surface area contributed by atoms with E-state index >= 15 is 0 Å². The van der Waals surface area contributed by atoms with Gasteiger partial charge in [-0.05, 0) is 23.3 Å². The number of guanidine groups is 1. The van der Waals surface area contributed by atoms with Crippen LogP contribution in [0.3, 0.4) is 0 Å². The number of rotatable bonds is 7. The average molecular weight is 482 g/mol. The normalized spacial score (nSPS) is 10.6. The topological polar surface area (TPSA) is 66.0 Å². The predicted octanol–water partition coefficient (Wildman–Crippen LogP) is 2.64. The smallest absolute Gasteiger partial charge is 0.239 e. The Morgan fingerprint density at radius 2 is 1.70 bits per heavy atom. The van der Waals surface area contributed by atoms with Gasteiger partial charge >= 0.3 is 0 Å². The minimum absolute atomic E-state index is 0. The Labute approximate surface area is 178 Å². The molecule has 0 saturated heterocycles. The lowest BCUT2D eigenvalue weighted by Crippen LogP contribution is -2.43. The van der Waals surface area contributed by atoms with Crippen molar-refractivity contribution in [2.75, 3.05) is 27.7 Å². The standard InChI is InChI=1S/C20H26N4O2.HI/c1-21-20(24(2)15-17-9-11-18(26-3)12-10-17)23-14-19(25)22-13-16-7-5-4-6-8-16;/h4-12H,13-15H2,1-3H3,(H,21,23)(H,22,25);1H. The summed E-state index contributed by atoms with van der Waals surface area (Å²) < 4.78 is 5.17. The summed E-state index contributed by atoms with van der Waals surface area (Å²) in [6, 6.07) is 17.7. The second-order valence-corrected chi connectivity index (χ2v) is 5.87. The molecule has 2 aromatic carbocycles. The van der Waals surface area contributed by atoms with Gasteiger partial charge in [0.1, 0.15) is 5.75 Å². The summed E-state index contributed by atoms with van der Waals surface area (Å²) in [5, 5.41) is 5.98. The molecule has 2 aromatic rings. The number of carbonyl (C=O) groups is 1. The quantitative estimate of drug-likeness (QED) is 0.362. The lowest BCUT2D eigenvalue weighted by atomic mass is 10.2. The van der Waals surface area contributed by atoms with Crippen molar-refractivity contribution in [1.82, 2.24) is 15.5 Å². The summed E-state index contributed by atoms with van der Waals surface area (Å²) in [5.41, 5.74) is 2.20. The van der Waals surface area contributed by atoms with Gasteiger partial charge in [0.25, 0.3) is 0 Å². The van der Waals surface area contributed by atoms with Crippen molar-refractivity contribution >= 4 is 35.8 Å². The molecule has 0 unspecified atom stereocenters. The SMILES string of the molecule is CN=C(NCC(=O)NCc1ccccc1)N(C)Cc1ccc(OC)cc1.I. The van der Waals surface area contributed by atoms with Gasteiger partial charge in [0, 0.05) is 27.2 Å². The number of nitrogens with one attached hydrogen (secondary N) is 2. The number of ether oxygens (including phenoxy) is 1. The number of aliphatic imine (C=N–C) groups is 1. The molecule has 0 atom stereocenters. The van der Waals surface area contributed by atoms with Crippen LogP contribution < -0.4 is 15.4 Å². The van der Waals surface area contributed by atoms with Crippen LogP contribution in [0, 0.1) is 0 Å². The van der Waals surface area contributed by atoms with Crippen molar-refractivity contribution in [3.8, 4) is 5.75 Å². The van der Waals surface area contributed by atoms with Gasteiger partial charge in [-0.15, -0.1) is 24.0 Å². The second-order valence-electron chi connectivity index (χ2n) is 5.87. The highest BCUT2D eigenvalue weighted by Crippen LogP contribution is 2.12. The average Bonchev–Trinajstić information content (AvgIpc) is 2.68. The van der Waals surface area contributed by atoms with Gasteiger partial charge < -0.3 is 20.3 Å². The van der Waals surface area contributed by atoms with Crippen LogP contribution in [0.2, 0.25) is 0 Å².